The zero-order valence-electron chi connectivity index (χ0n) is 41.2. The summed E-state index contributed by atoms with van der Waals surface area (Å²) in [5, 5.41) is 66.3. The van der Waals surface area contributed by atoms with Gasteiger partial charge >= 0.3 is 5.97 Å². The van der Waals surface area contributed by atoms with Crippen LogP contribution in [0.15, 0.2) is 36.4 Å². The summed E-state index contributed by atoms with van der Waals surface area (Å²) in [5.41, 5.74) is 0.598. The number of unbranched alkanes of at least 4 members (excludes halogenated alkanes) is 4. The van der Waals surface area contributed by atoms with Crippen LogP contribution in [0, 0.1) is 17.8 Å². The molecule has 0 bridgehead atoms. The fourth-order valence-electron chi connectivity index (χ4n) is 7.38. The summed E-state index contributed by atoms with van der Waals surface area (Å²) in [4.78, 5) is 108. The van der Waals surface area contributed by atoms with Crippen molar-refractivity contribution in [2.45, 2.75) is 161 Å². The number of hydrogen-bond donors (Lipinski definition) is 11. The minimum Gasteiger partial charge on any atom is -0.508 e. The lowest BCUT2D eigenvalue weighted by Gasteiger charge is -2.32. The van der Waals surface area contributed by atoms with Crippen molar-refractivity contribution in [3.05, 3.63) is 42.0 Å². The average Bonchev–Trinajstić information content (AvgIpc) is 3.29. The van der Waals surface area contributed by atoms with Gasteiger partial charge in [0.2, 0.25) is 41.4 Å². The number of cyclic esters (lactones) is 1. The van der Waals surface area contributed by atoms with E-state index in [1.165, 1.54) is 30.2 Å². The van der Waals surface area contributed by atoms with Crippen LogP contribution in [0.1, 0.15) is 105 Å². The highest BCUT2D eigenvalue weighted by Crippen LogP contribution is 2.18. The van der Waals surface area contributed by atoms with E-state index in [9.17, 15) is 63.9 Å². The van der Waals surface area contributed by atoms with Gasteiger partial charge in [0.25, 0.3) is 0 Å². The Hall–Kier alpha value is -5.64. The van der Waals surface area contributed by atoms with Crippen molar-refractivity contribution in [2.75, 3.05) is 26.9 Å². The fraction of sp³-hybridized carbons (Fsp3) is 0.667. The third-order valence-corrected chi connectivity index (χ3v) is 11.7. The Bertz CT molecular complexity index is 1880. The summed E-state index contributed by atoms with van der Waals surface area (Å²) >= 11 is 0. The highest BCUT2D eigenvalue weighted by atomic mass is 16.5. The molecule has 2 rings (SSSR count). The zero-order valence-corrected chi connectivity index (χ0v) is 41.2. The number of aliphatic hydroxyl groups is 4. The number of likely N-dealkylation sites (N-methyl/N-ethyl adjacent to an activating group) is 1. The van der Waals surface area contributed by atoms with Crippen molar-refractivity contribution in [1.82, 2.24) is 36.8 Å². The molecule has 1 aliphatic heterocycles. The molecule has 1 unspecified atom stereocenters. The third-order valence-electron chi connectivity index (χ3n) is 11.7. The second-order valence-electron chi connectivity index (χ2n) is 18.6. The number of carbonyl (C=O) groups is 8. The lowest BCUT2D eigenvalue weighted by atomic mass is 9.99. The number of hydrogen-bond acceptors (Lipinski definition) is 14. The minimum absolute atomic E-state index is 0.00133. The van der Waals surface area contributed by atoms with Crippen LogP contribution in [0.5, 0.6) is 5.75 Å². The van der Waals surface area contributed by atoms with Gasteiger partial charge < -0.3 is 67.1 Å². The van der Waals surface area contributed by atoms with Crippen molar-refractivity contribution in [3.63, 3.8) is 0 Å². The van der Waals surface area contributed by atoms with Gasteiger partial charge in [-0.05, 0) is 41.9 Å². The Labute approximate surface area is 404 Å². The van der Waals surface area contributed by atoms with E-state index in [0.717, 1.165) is 38.2 Å². The van der Waals surface area contributed by atoms with Gasteiger partial charge in [-0.3, -0.25) is 33.6 Å². The number of amides is 7. The van der Waals surface area contributed by atoms with Crippen molar-refractivity contribution in [1.29, 1.82) is 0 Å². The Morgan fingerprint density at radius 2 is 1.39 bits per heavy atom. The number of esters is 1. The largest absolute Gasteiger partial charge is 0.508 e. The van der Waals surface area contributed by atoms with Gasteiger partial charge in [-0.2, -0.15) is 0 Å². The van der Waals surface area contributed by atoms with Crippen LogP contribution in [-0.4, -0.2) is 159 Å². The molecule has 11 N–H and O–H groups in total. The van der Waals surface area contributed by atoms with E-state index in [4.69, 9.17) is 4.74 Å². The Balaban J connectivity index is 2.14. The molecule has 21 nitrogen and oxygen atoms in total. The number of aliphatic hydroxyl groups excluding tert-OH is 4. The lowest BCUT2D eigenvalue weighted by molar-refractivity contribution is -0.156. The van der Waals surface area contributed by atoms with Gasteiger partial charge in [0.15, 0.2) is 0 Å². The number of ether oxygens (including phenoxy) is 1. The molecule has 9 atom stereocenters. The number of nitrogens with one attached hydrogen (secondary N) is 6. The number of phenols is 1. The lowest BCUT2D eigenvalue weighted by Crippen LogP contribution is -2.59. The van der Waals surface area contributed by atoms with Crippen LogP contribution >= 0.6 is 0 Å². The first-order valence-corrected chi connectivity index (χ1v) is 23.8. The average molecular weight is 976 g/mol. The number of nitrogens with zero attached hydrogens (tertiary/aromatic N) is 1. The molecule has 0 aromatic heterocycles. The molecule has 1 aromatic rings. The fourth-order valence-corrected chi connectivity index (χ4v) is 7.38. The first-order valence-electron chi connectivity index (χ1n) is 23.8. The Morgan fingerprint density at radius 1 is 0.783 bits per heavy atom. The molecule has 0 aliphatic carbocycles. The molecule has 1 aliphatic rings. The maximum Gasteiger partial charge on any atom is 0.329 e. The maximum atomic E-state index is 13.8. The number of phenolic OH excluding ortho intramolecular Hbond substituents is 1. The van der Waals surface area contributed by atoms with Gasteiger partial charge in [0.1, 0.15) is 42.6 Å². The van der Waals surface area contributed by atoms with Crippen molar-refractivity contribution < 1.29 is 68.6 Å². The molecular formula is C48H77N7O14. The molecular weight excluding hydrogens is 899 g/mol. The Kier molecular flexibility index (Phi) is 25.9. The molecule has 0 spiro atoms. The third kappa shape index (κ3) is 20.5. The smallest absolute Gasteiger partial charge is 0.329 e. The highest BCUT2D eigenvalue weighted by Gasteiger charge is 2.37. The molecule has 1 aromatic carbocycles. The van der Waals surface area contributed by atoms with E-state index in [1.807, 2.05) is 0 Å². The van der Waals surface area contributed by atoms with Crippen molar-refractivity contribution in [2.24, 2.45) is 17.8 Å². The number of benzene rings is 1. The molecule has 0 saturated carbocycles. The molecule has 21 heteroatoms. The second-order valence-corrected chi connectivity index (χ2v) is 18.6. The van der Waals surface area contributed by atoms with E-state index in [1.54, 1.807) is 53.7 Å². The standard InChI is InChI=1S/C48H77N7O14/c1-9-10-11-12-13-14-33(59)22-39(62)50-35(25-57)44(64)54-42(28(4)5)46(66)51-34(24-56)37(60)23-40(63)53-41(27(2)3)45(65)49-31-17-20-38(61)52-43(29(6)7)47(67)55(8)36(48(68)69-26-31)21-30-15-18-32(58)19-16-30/h15-20,27-29,31,33-37,41-43,56-60H,9-14,21-26H2,1-8H3,(H,49,65)(H,50,62)(H,51,66)(H,52,61)(H,53,63)(H,54,64)/b20-17+/t31-,33?,34+,35+,36+,37+,41+,42+,43+/m1/s1. The first-order chi connectivity index (χ1) is 32.5. The summed E-state index contributed by atoms with van der Waals surface area (Å²) < 4.78 is 5.63. The van der Waals surface area contributed by atoms with Gasteiger partial charge in [-0.25, -0.2) is 4.79 Å². The van der Waals surface area contributed by atoms with Crippen LogP contribution in [0.25, 0.3) is 0 Å². The molecule has 0 radical (unpaired) electrons. The topological polar surface area (TPSA) is 322 Å². The second kappa shape index (κ2) is 30.1. The van der Waals surface area contributed by atoms with E-state index < -0.39 is 146 Å². The van der Waals surface area contributed by atoms with Crippen molar-refractivity contribution in [3.8, 4) is 5.75 Å². The minimum atomic E-state index is -1.71. The predicted molar refractivity (Wildman–Crippen MR) is 253 cm³/mol. The van der Waals surface area contributed by atoms with Crippen LogP contribution in [0.2, 0.25) is 0 Å². The quantitative estimate of drug-likeness (QED) is 0.0416. The van der Waals surface area contributed by atoms with E-state index in [0.29, 0.717) is 12.0 Å². The molecule has 1 heterocycles. The van der Waals surface area contributed by atoms with Crippen molar-refractivity contribution >= 4 is 47.3 Å². The normalized spacial score (nSPS) is 20.0. The van der Waals surface area contributed by atoms with E-state index in [2.05, 4.69) is 38.8 Å². The predicted octanol–water partition coefficient (Wildman–Crippen LogP) is -0.401. The Morgan fingerprint density at radius 3 is 1.97 bits per heavy atom. The van der Waals surface area contributed by atoms with Crippen LogP contribution in [-0.2, 0) is 49.5 Å². The SMILES string of the molecule is CCCCCCCC(O)CC(=O)N[C@@H](CO)C(=O)N[C@H](C(=O)N[C@@H](CO)[C@@H](O)CC(=O)N[C@H](C(=O)N[C@@H]1/C=C/C(=O)N[C@@H](C(C)C)C(=O)N(C)[C@@H](Cc2ccc(O)cc2)C(=O)OC1)C(C)C)C(C)C. The first kappa shape index (κ1) is 59.5. The maximum absolute atomic E-state index is 13.8. The summed E-state index contributed by atoms with van der Waals surface area (Å²) in [6, 6.07) is -2.72. The summed E-state index contributed by atoms with van der Waals surface area (Å²) in [6.07, 6.45) is 3.90. The van der Waals surface area contributed by atoms with Gasteiger partial charge in [-0.15, -0.1) is 0 Å². The number of carbonyl (C=O) groups excluding carboxylic acids is 8. The summed E-state index contributed by atoms with van der Waals surface area (Å²) in [6.45, 7) is 9.83. The monoisotopic (exact) mass is 976 g/mol. The van der Waals surface area contributed by atoms with E-state index >= 15 is 0 Å². The molecule has 69 heavy (non-hydrogen) atoms. The summed E-state index contributed by atoms with van der Waals surface area (Å²) in [5.74, 6) is -7.60. The van der Waals surface area contributed by atoms with Crippen LogP contribution in [0.4, 0.5) is 0 Å². The van der Waals surface area contributed by atoms with Gasteiger partial charge in [0, 0.05) is 19.5 Å². The highest BCUT2D eigenvalue weighted by molar-refractivity contribution is 5.95. The van der Waals surface area contributed by atoms with Crippen LogP contribution < -0.4 is 31.9 Å². The van der Waals surface area contributed by atoms with Crippen LogP contribution in [0.3, 0.4) is 0 Å². The van der Waals surface area contributed by atoms with Gasteiger partial charge in [-0.1, -0.05) is 98.8 Å². The zero-order chi connectivity index (χ0) is 52.0. The van der Waals surface area contributed by atoms with E-state index in [-0.39, 0.29) is 18.6 Å². The number of aromatic hydroxyl groups is 1. The van der Waals surface area contributed by atoms with Gasteiger partial charge in [0.05, 0.1) is 50.3 Å². The molecule has 388 valence electrons. The number of rotatable bonds is 26. The molecule has 0 fully saturated rings. The summed E-state index contributed by atoms with van der Waals surface area (Å²) in [7, 11) is 1.41. The molecule has 7 amide bonds. The molecule has 0 saturated heterocycles.